The molecule has 1 amide bonds. The van der Waals surface area contributed by atoms with Crippen molar-refractivity contribution in [2.75, 3.05) is 33.2 Å². The summed E-state index contributed by atoms with van der Waals surface area (Å²) in [4.78, 5) is 28.3. The van der Waals surface area contributed by atoms with Crippen molar-refractivity contribution in [1.29, 1.82) is 0 Å². The third-order valence-corrected chi connectivity index (χ3v) is 5.57. The van der Waals surface area contributed by atoms with Crippen LogP contribution in [0.3, 0.4) is 0 Å². The Bertz CT molecular complexity index is 535. The molecule has 1 aliphatic heterocycles. The summed E-state index contributed by atoms with van der Waals surface area (Å²) >= 11 is 1.65. The molecule has 0 radical (unpaired) electrons. The van der Waals surface area contributed by atoms with Crippen LogP contribution in [-0.4, -0.2) is 66.1 Å². The van der Waals surface area contributed by atoms with Gasteiger partial charge in [0.05, 0.1) is 19.1 Å². The molecule has 0 spiro atoms. The highest BCUT2D eigenvalue weighted by Crippen LogP contribution is 2.18. The molecule has 2 atom stereocenters. The molecule has 2 rings (SSSR count). The summed E-state index contributed by atoms with van der Waals surface area (Å²) in [6.07, 6.45) is 2.87. The zero-order chi connectivity index (χ0) is 17.5. The lowest BCUT2D eigenvalue weighted by atomic mass is 10.1. The van der Waals surface area contributed by atoms with Crippen LogP contribution in [-0.2, 0) is 9.59 Å². The predicted octanol–water partition coefficient (Wildman–Crippen LogP) is 1.80. The van der Waals surface area contributed by atoms with Crippen molar-refractivity contribution < 1.29 is 14.7 Å². The van der Waals surface area contributed by atoms with E-state index < -0.39 is 5.97 Å². The standard InChI is InChI=1S/C17H27N3O3S/c1-13(15-6-4-10-24-15)18-16(21)11-20-8-3-5-14(7-9-20)19(2)12-17(22)23/h4,6,10,13-14H,3,5,7-9,11-12H2,1-2H3,(H,18,21)(H,22,23). The molecule has 24 heavy (non-hydrogen) atoms. The Hall–Kier alpha value is -1.44. The molecule has 2 unspecified atom stereocenters. The van der Waals surface area contributed by atoms with Gasteiger partial charge in [-0.05, 0) is 51.2 Å². The molecular formula is C17H27N3O3S. The van der Waals surface area contributed by atoms with Crippen molar-refractivity contribution in [1.82, 2.24) is 15.1 Å². The second-order valence-corrected chi connectivity index (χ2v) is 7.45. The maximum absolute atomic E-state index is 12.3. The van der Waals surface area contributed by atoms with E-state index in [0.717, 1.165) is 37.2 Å². The van der Waals surface area contributed by atoms with Crippen molar-refractivity contribution >= 4 is 23.2 Å². The number of carbonyl (C=O) groups is 2. The number of carbonyl (C=O) groups excluding carboxylic acids is 1. The molecule has 2 heterocycles. The van der Waals surface area contributed by atoms with E-state index in [9.17, 15) is 9.59 Å². The van der Waals surface area contributed by atoms with E-state index in [4.69, 9.17) is 5.11 Å². The third kappa shape index (κ3) is 5.89. The lowest BCUT2D eigenvalue weighted by molar-refractivity contribution is -0.138. The minimum atomic E-state index is -0.791. The van der Waals surface area contributed by atoms with Gasteiger partial charge in [0.1, 0.15) is 0 Å². The number of likely N-dealkylation sites (tertiary alicyclic amines) is 1. The molecule has 0 bridgehead atoms. The third-order valence-electron chi connectivity index (χ3n) is 4.51. The SMILES string of the molecule is CC(NC(=O)CN1CCCC(N(C)CC(=O)O)CC1)c1cccs1. The highest BCUT2D eigenvalue weighted by Gasteiger charge is 2.23. The zero-order valence-corrected chi connectivity index (χ0v) is 15.2. The number of thiophene rings is 1. The fourth-order valence-electron chi connectivity index (χ4n) is 3.18. The van der Waals surface area contributed by atoms with Crippen LogP contribution >= 0.6 is 11.3 Å². The fraction of sp³-hybridized carbons (Fsp3) is 0.647. The number of aliphatic carboxylic acids is 1. The van der Waals surface area contributed by atoms with Gasteiger partial charge in [0.2, 0.25) is 5.91 Å². The lowest BCUT2D eigenvalue weighted by Gasteiger charge is -2.25. The molecular weight excluding hydrogens is 326 g/mol. The number of rotatable bonds is 7. The van der Waals surface area contributed by atoms with Crippen molar-refractivity contribution in [2.24, 2.45) is 0 Å². The lowest BCUT2D eigenvalue weighted by Crippen LogP contribution is -2.39. The number of nitrogens with one attached hydrogen (secondary N) is 1. The highest BCUT2D eigenvalue weighted by atomic mass is 32.1. The summed E-state index contributed by atoms with van der Waals surface area (Å²) in [5.41, 5.74) is 0. The maximum Gasteiger partial charge on any atom is 0.317 e. The Morgan fingerprint density at radius 1 is 1.46 bits per heavy atom. The normalized spacial score (nSPS) is 20.5. The van der Waals surface area contributed by atoms with E-state index in [2.05, 4.69) is 10.2 Å². The summed E-state index contributed by atoms with van der Waals surface area (Å²) in [6.45, 7) is 4.20. The molecule has 1 saturated heterocycles. The van der Waals surface area contributed by atoms with E-state index in [-0.39, 0.29) is 24.5 Å². The average Bonchev–Trinajstić information content (AvgIpc) is 2.94. The van der Waals surface area contributed by atoms with Crippen LogP contribution in [0.5, 0.6) is 0 Å². The minimum absolute atomic E-state index is 0.0407. The molecule has 1 fully saturated rings. The largest absolute Gasteiger partial charge is 0.480 e. The van der Waals surface area contributed by atoms with Crippen LogP contribution in [0, 0.1) is 0 Å². The predicted molar refractivity (Wildman–Crippen MR) is 95.2 cm³/mol. The first kappa shape index (κ1) is 18.9. The van der Waals surface area contributed by atoms with Crippen LogP contribution in [0.2, 0.25) is 0 Å². The molecule has 0 aliphatic carbocycles. The van der Waals surface area contributed by atoms with Gasteiger partial charge in [0.15, 0.2) is 0 Å². The van der Waals surface area contributed by atoms with Crippen molar-refractivity contribution in [3.05, 3.63) is 22.4 Å². The van der Waals surface area contributed by atoms with Crippen LogP contribution in [0.25, 0.3) is 0 Å². The monoisotopic (exact) mass is 353 g/mol. The highest BCUT2D eigenvalue weighted by molar-refractivity contribution is 7.10. The molecule has 0 aromatic carbocycles. The summed E-state index contributed by atoms with van der Waals surface area (Å²) in [5, 5.41) is 14.0. The summed E-state index contributed by atoms with van der Waals surface area (Å²) in [5.74, 6) is -0.742. The van der Waals surface area contributed by atoms with E-state index >= 15 is 0 Å². The smallest absolute Gasteiger partial charge is 0.317 e. The van der Waals surface area contributed by atoms with E-state index in [1.807, 2.05) is 36.4 Å². The quantitative estimate of drug-likeness (QED) is 0.782. The van der Waals surface area contributed by atoms with Gasteiger partial charge in [0.25, 0.3) is 0 Å². The van der Waals surface area contributed by atoms with Gasteiger partial charge in [-0.15, -0.1) is 11.3 Å². The molecule has 134 valence electrons. The first-order valence-corrected chi connectivity index (χ1v) is 9.31. The van der Waals surface area contributed by atoms with E-state index in [0.29, 0.717) is 6.54 Å². The van der Waals surface area contributed by atoms with Gasteiger partial charge >= 0.3 is 5.97 Å². The topological polar surface area (TPSA) is 72.9 Å². The first-order chi connectivity index (χ1) is 11.5. The molecule has 1 aromatic rings. The average molecular weight is 353 g/mol. The van der Waals surface area contributed by atoms with Gasteiger partial charge in [-0.25, -0.2) is 0 Å². The van der Waals surface area contributed by atoms with Gasteiger partial charge in [-0.2, -0.15) is 0 Å². The summed E-state index contributed by atoms with van der Waals surface area (Å²) in [7, 11) is 1.86. The van der Waals surface area contributed by atoms with Crippen LogP contribution in [0.15, 0.2) is 17.5 Å². The molecule has 1 aliphatic rings. The number of hydrogen-bond acceptors (Lipinski definition) is 5. The number of nitrogens with zero attached hydrogens (tertiary/aromatic N) is 2. The van der Waals surface area contributed by atoms with Gasteiger partial charge < -0.3 is 10.4 Å². The summed E-state index contributed by atoms with van der Waals surface area (Å²) in [6, 6.07) is 4.34. The number of hydrogen-bond donors (Lipinski definition) is 2. The van der Waals surface area contributed by atoms with Crippen LogP contribution < -0.4 is 5.32 Å². The molecule has 1 aromatic heterocycles. The Morgan fingerprint density at radius 3 is 2.92 bits per heavy atom. The maximum atomic E-state index is 12.3. The van der Waals surface area contributed by atoms with Crippen molar-refractivity contribution in [3.8, 4) is 0 Å². The van der Waals surface area contributed by atoms with Crippen LogP contribution in [0.4, 0.5) is 0 Å². The summed E-state index contributed by atoms with van der Waals surface area (Å²) < 4.78 is 0. The number of carboxylic acid groups (broad SMARTS) is 1. The molecule has 0 saturated carbocycles. The van der Waals surface area contributed by atoms with E-state index in [1.54, 1.807) is 11.3 Å². The number of likely N-dealkylation sites (N-methyl/N-ethyl adjacent to an activating group) is 1. The van der Waals surface area contributed by atoms with Crippen molar-refractivity contribution in [3.63, 3.8) is 0 Å². The van der Waals surface area contributed by atoms with Crippen LogP contribution in [0.1, 0.15) is 37.1 Å². The van der Waals surface area contributed by atoms with Gasteiger partial charge in [-0.3, -0.25) is 19.4 Å². The zero-order valence-electron chi connectivity index (χ0n) is 14.4. The Kier molecular flexibility index (Phi) is 7.20. The number of carboxylic acids is 1. The fourth-order valence-corrected chi connectivity index (χ4v) is 3.91. The van der Waals surface area contributed by atoms with Gasteiger partial charge in [-0.1, -0.05) is 6.07 Å². The first-order valence-electron chi connectivity index (χ1n) is 8.43. The Balaban J connectivity index is 1.77. The van der Waals surface area contributed by atoms with E-state index in [1.165, 1.54) is 0 Å². The van der Waals surface area contributed by atoms with Gasteiger partial charge in [0, 0.05) is 17.5 Å². The second kappa shape index (κ2) is 9.15. The molecule has 6 nitrogen and oxygen atoms in total. The molecule has 7 heteroatoms. The van der Waals surface area contributed by atoms with Crippen molar-refractivity contribution in [2.45, 2.75) is 38.3 Å². The molecule has 2 N–H and O–H groups in total. The second-order valence-electron chi connectivity index (χ2n) is 6.47. The minimum Gasteiger partial charge on any atom is -0.480 e. The Labute approximate surface area is 147 Å². The number of amides is 1. The Morgan fingerprint density at radius 2 is 2.25 bits per heavy atom.